The van der Waals surface area contributed by atoms with Gasteiger partial charge in [0.1, 0.15) is 5.69 Å². The second-order valence-corrected chi connectivity index (χ2v) is 4.55. The normalized spacial score (nSPS) is 14.0. The first kappa shape index (κ1) is 13.6. The van der Waals surface area contributed by atoms with Crippen LogP contribution in [0.3, 0.4) is 0 Å². The maximum Gasteiger partial charge on any atom is 0.339 e. The molecule has 0 unspecified atom stereocenters. The lowest BCUT2D eigenvalue weighted by Crippen LogP contribution is -2.25. The predicted molar refractivity (Wildman–Crippen MR) is 65.9 cm³/mol. The van der Waals surface area contributed by atoms with E-state index in [1.54, 1.807) is 0 Å². The van der Waals surface area contributed by atoms with Gasteiger partial charge in [0.25, 0.3) is 0 Å². The highest BCUT2D eigenvalue weighted by Crippen LogP contribution is 2.32. The first-order chi connectivity index (χ1) is 10.0. The monoisotopic (exact) mass is 297 g/mol. The summed E-state index contributed by atoms with van der Waals surface area (Å²) in [5, 5.41) is 3.93. The Morgan fingerprint density at radius 3 is 2.76 bits per heavy atom. The number of halogens is 3. The van der Waals surface area contributed by atoms with Gasteiger partial charge in [-0.15, -0.1) is 0 Å². The minimum atomic E-state index is -1.59. The SMILES string of the molecule is NC(=O)n1nc(-c2ccc(F)c(F)c2F)c2c1CCOC2. The lowest BCUT2D eigenvalue weighted by molar-refractivity contribution is 0.109. The molecule has 2 aromatic rings. The molecule has 5 nitrogen and oxygen atoms in total. The Morgan fingerprint density at radius 1 is 1.29 bits per heavy atom. The molecule has 1 aromatic carbocycles. The summed E-state index contributed by atoms with van der Waals surface area (Å²) in [4.78, 5) is 11.4. The van der Waals surface area contributed by atoms with Crippen LogP contribution >= 0.6 is 0 Å². The van der Waals surface area contributed by atoms with Gasteiger partial charge in [-0.2, -0.15) is 9.78 Å². The number of rotatable bonds is 1. The van der Waals surface area contributed by atoms with Gasteiger partial charge >= 0.3 is 6.03 Å². The van der Waals surface area contributed by atoms with Gasteiger partial charge in [0.05, 0.1) is 18.9 Å². The van der Waals surface area contributed by atoms with E-state index >= 15 is 0 Å². The van der Waals surface area contributed by atoms with Crippen LogP contribution in [0.2, 0.25) is 0 Å². The van der Waals surface area contributed by atoms with Crippen molar-refractivity contribution in [3.63, 3.8) is 0 Å². The van der Waals surface area contributed by atoms with Crippen molar-refractivity contribution in [2.45, 2.75) is 13.0 Å². The number of nitrogens with two attached hydrogens (primary N) is 1. The summed E-state index contributed by atoms with van der Waals surface area (Å²) < 4.78 is 46.5. The van der Waals surface area contributed by atoms with E-state index in [9.17, 15) is 18.0 Å². The van der Waals surface area contributed by atoms with Crippen LogP contribution in [0, 0.1) is 17.5 Å². The first-order valence-electron chi connectivity index (χ1n) is 6.13. The highest BCUT2D eigenvalue weighted by molar-refractivity contribution is 5.77. The Balaban J connectivity index is 2.24. The van der Waals surface area contributed by atoms with E-state index < -0.39 is 23.5 Å². The van der Waals surface area contributed by atoms with Crippen LogP contribution in [0.25, 0.3) is 11.3 Å². The molecule has 1 aliphatic heterocycles. The Labute approximate surface area is 117 Å². The van der Waals surface area contributed by atoms with E-state index in [1.807, 2.05) is 0 Å². The van der Waals surface area contributed by atoms with Crippen molar-refractivity contribution in [3.8, 4) is 11.3 Å². The van der Waals surface area contributed by atoms with Crippen molar-refractivity contribution >= 4 is 6.03 Å². The van der Waals surface area contributed by atoms with Gasteiger partial charge in [-0.3, -0.25) is 0 Å². The summed E-state index contributed by atoms with van der Waals surface area (Å²) in [5.74, 6) is -4.25. The zero-order valence-electron chi connectivity index (χ0n) is 10.7. The fraction of sp³-hybridized carbons (Fsp3) is 0.231. The molecule has 3 rings (SSSR count). The largest absolute Gasteiger partial charge is 0.376 e. The number of fused-ring (bicyclic) bond motifs is 1. The quantitative estimate of drug-likeness (QED) is 0.818. The van der Waals surface area contributed by atoms with Crippen molar-refractivity contribution in [2.75, 3.05) is 6.61 Å². The molecule has 1 amide bonds. The zero-order valence-corrected chi connectivity index (χ0v) is 10.7. The standard InChI is InChI=1S/C13H10F3N3O2/c14-8-2-1-6(10(15)11(8)16)12-7-5-21-4-3-9(7)19(18-12)13(17)20/h1-2H,3-5H2,(H2,17,20). The lowest BCUT2D eigenvalue weighted by Gasteiger charge is -2.14. The summed E-state index contributed by atoms with van der Waals surface area (Å²) in [6.07, 6.45) is 0.372. The first-order valence-corrected chi connectivity index (χ1v) is 6.13. The van der Waals surface area contributed by atoms with Gasteiger partial charge in [-0.25, -0.2) is 18.0 Å². The molecule has 110 valence electrons. The number of carbonyl (C=O) groups excluding carboxylic acids is 1. The van der Waals surface area contributed by atoms with E-state index in [0.29, 0.717) is 24.3 Å². The molecule has 0 saturated heterocycles. The van der Waals surface area contributed by atoms with E-state index in [2.05, 4.69) is 5.10 Å². The molecule has 0 atom stereocenters. The predicted octanol–water partition coefficient (Wildman–Crippen LogP) is 1.97. The second-order valence-electron chi connectivity index (χ2n) is 4.55. The van der Waals surface area contributed by atoms with E-state index in [1.165, 1.54) is 0 Å². The second kappa shape index (κ2) is 4.88. The van der Waals surface area contributed by atoms with Crippen molar-refractivity contribution in [3.05, 3.63) is 40.8 Å². The average Bonchev–Trinajstić information content (AvgIpc) is 2.85. The molecular formula is C13H10F3N3O2. The molecule has 0 aliphatic carbocycles. The number of nitrogens with zero attached hydrogens (tertiary/aromatic N) is 2. The zero-order chi connectivity index (χ0) is 15.1. The van der Waals surface area contributed by atoms with E-state index in [4.69, 9.17) is 10.5 Å². The molecule has 0 fully saturated rings. The maximum atomic E-state index is 13.9. The summed E-state index contributed by atoms with van der Waals surface area (Å²) in [6.45, 7) is 0.460. The average molecular weight is 297 g/mol. The van der Waals surface area contributed by atoms with Gasteiger partial charge < -0.3 is 10.5 Å². The molecule has 2 N–H and O–H groups in total. The molecule has 0 bridgehead atoms. The van der Waals surface area contributed by atoms with Crippen LogP contribution in [-0.2, 0) is 17.8 Å². The molecular weight excluding hydrogens is 287 g/mol. The van der Waals surface area contributed by atoms with Crippen molar-refractivity contribution in [2.24, 2.45) is 5.73 Å². The molecule has 21 heavy (non-hydrogen) atoms. The smallest absolute Gasteiger partial charge is 0.339 e. The highest BCUT2D eigenvalue weighted by atomic mass is 19.2. The van der Waals surface area contributed by atoms with Gasteiger partial charge in [0.15, 0.2) is 17.5 Å². The van der Waals surface area contributed by atoms with Crippen LogP contribution in [0.5, 0.6) is 0 Å². The van der Waals surface area contributed by atoms with Crippen LogP contribution in [-0.4, -0.2) is 22.4 Å². The van der Waals surface area contributed by atoms with Crippen LogP contribution < -0.4 is 5.73 Å². The summed E-state index contributed by atoms with van der Waals surface area (Å²) in [7, 11) is 0. The third-order valence-corrected chi connectivity index (χ3v) is 3.32. The van der Waals surface area contributed by atoms with Gasteiger partial charge in [0.2, 0.25) is 0 Å². The molecule has 2 heterocycles. The van der Waals surface area contributed by atoms with Gasteiger partial charge in [-0.05, 0) is 12.1 Å². The number of aromatic nitrogens is 2. The van der Waals surface area contributed by atoms with Crippen LogP contribution in [0.1, 0.15) is 11.3 Å². The lowest BCUT2D eigenvalue weighted by atomic mass is 10.0. The number of benzene rings is 1. The number of hydrogen-bond acceptors (Lipinski definition) is 3. The fourth-order valence-corrected chi connectivity index (χ4v) is 2.34. The Bertz CT molecular complexity index is 743. The third kappa shape index (κ3) is 2.07. The van der Waals surface area contributed by atoms with Gasteiger partial charge in [0, 0.05) is 17.5 Å². The third-order valence-electron chi connectivity index (χ3n) is 3.32. The van der Waals surface area contributed by atoms with Crippen LogP contribution in [0.4, 0.5) is 18.0 Å². The Hall–Kier alpha value is -2.35. The van der Waals surface area contributed by atoms with Crippen molar-refractivity contribution < 1.29 is 22.7 Å². The minimum Gasteiger partial charge on any atom is -0.376 e. The number of ether oxygens (including phenoxy) is 1. The van der Waals surface area contributed by atoms with E-state index in [-0.39, 0.29) is 17.9 Å². The van der Waals surface area contributed by atoms with Crippen LogP contribution in [0.15, 0.2) is 12.1 Å². The van der Waals surface area contributed by atoms with Crippen molar-refractivity contribution in [1.82, 2.24) is 9.78 Å². The Morgan fingerprint density at radius 2 is 2.05 bits per heavy atom. The number of primary amides is 1. The molecule has 1 aromatic heterocycles. The summed E-state index contributed by atoms with van der Waals surface area (Å²) in [6, 6.07) is 1.03. The highest BCUT2D eigenvalue weighted by Gasteiger charge is 2.27. The molecule has 0 radical (unpaired) electrons. The summed E-state index contributed by atoms with van der Waals surface area (Å²) >= 11 is 0. The molecule has 8 heteroatoms. The van der Waals surface area contributed by atoms with Gasteiger partial charge in [-0.1, -0.05) is 0 Å². The molecule has 1 aliphatic rings. The molecule has 0 saturated carbocycles. The van der Waals surface area contributed by atoms with E-state index in [0.717, 1.165) is 16.8 Å². The van der Waals surface area contributed by atoms with Crippen molar-refractivity contribution in [1.29, 1.82) is 0 Å². The molecule has 0 spiro atoms. The summed E-state index contributed by atoms with van der Waals surface area (Å²) in [5.41, 5.74) is 5.94. The Kier molecular flexibility index (Phi) is 3.17. The number of hydrogen-bond donors (Lipinski definition) is 1. The number of carbonyl (C=O) groups is 1. The fourth-order valence-electron chi connectivity index (χ4n) is 2.34. The maximum absolute atomic E-state index is 13.9. The topological polar surface area (TPSA) is 70.1 Å². The number of amides is 1. The minimum absolute atomic E-state index is 0.0277.